The summed E-state index contributed by atoms with van der Waals surface area (Å²) in [6.07, 6.45) is 0.521. The molecule has 1 unspecified atom stereocenters. The molecule has 9 nitrogen and oxygen atoms in total. The second-order valence-electron chi connectivity index (χ2n) is 11.4. The largest absolute Gasteiger partial charge is 0.475 e. The van der Waals surface area contributed by atoms with Crippen molar-refractivity contribution in [3.8, 4) is 11.9 Å². The van der Waals surface area contributed by atoms with E-state index >= 15 is 0 Å². The van der Waals surface area contributed by atoms with Crippen molar-refractivity contribution < 1.29 is 22.7 Å². The molecule has 3 aliphatic rings. The molecule has 5 rings (SSSR count). The Labute approximate surface area is 244 Å². The number of hydrogen-bond donors (Lipinski definition) is 0. The molecule has 3 aliphatic heterocycles. The number of alkyl halides is 3. The zero-order valence-corrected chi connectivity index (χ0v) is 24.2. The SMILES string of the molecule is C=CC(=O)N1[C@H](C)CN(c2c(C#N)c(OCC3CCCN3C)nc3c2CCN(c2ncccc2C(F)(F)F)C3)C[C@@H]1C. The number of rotatable bonds is 6. The van der Waals surface area contributed by atoms with Gasteiger partial charge in [-0.1, -0.05) is 6.58 Å². The first-order valence-electron chi connectivity index (χ1n) is 14.3. The topological polar surface area (TPSA) is 88.8 Å². The van der Waals surface area contributed by atoms with Gasteiger partial charge in [0.25, 0.3) is 0 Å². The normalized spacial score (nSPS) is 23.0. The Hall–Kier alpha value is -3.85. The Kier molecular flexibility index (Phi) is 8.32. The van der Waals surface area contributed by atoms with E-state index in [1.54, 1.807) is 9.80 Å². The van der Waals surface area contributed by atoms with Crippen LogP contribution in [-0.4, -0.2) is 83.6 Å². The number of likely N-dealkylation sites (N-methyl/N-ethyl adjacent to an activating group) is 1. The molecule has 1 amide bonds. The van der Waals surface area contributed by atoms with Gasteiger partial charge in [0.05, 0.1) is 23.5 Å². The number of carbonyl (C=O) groups is 1. The van der Waals surface area contributed by atoms with Gasteiger partial charge < -0.3 is 24.3 Å². The van der Waals surface area contributed by atoms with Crippen molar-refractivity contribution in [2.24, 2.45) is 0 Å². The minimum atomic E-state index is -4.55. The van der Waals surface area contributed by atoms with Gasteiger partial charge in [-0.15, -0.1) is 0 Å². The number of ether oxygens (including phenoxy) is 1. The second-order valence-corrected chi connectivity index (χ2v) is 11.4. The minimum Gasteiger partial charge on any atom is -0.475 e. The van der Waals surface area contributed by atoms with Crippen LogP contribution in [0.5, 0.6) is 5.88 Å². The van der Waals surface area contributed by atoms with Crippen LogP contribution in [0, 0.1) is 11.3 Å². The molecule has 0 aliphatic carbocycles. The summed E-state index contributed by atoms with van der Waals surface area (Å²) in [6.45, 7) is 10.2. The van der Waals surface area contributed by atoms with Gasteiger partial charge in [-0.2, -0.15) is 18.4 Å². The van der Waals surface area contributed by atoms with Gasteiger partial charge in [0.2, 0.25) is 11.8 Å². The van der Waals surface area contributed by atoms with E-state index in [1.807, 2.05) is 20.9 Å². The molecule has 3 atom stereocenters. The highest BCUT2D eigenvalue weighted by molar-refractivity contribution is 5.88. The predicted octanol–water partition coefficient (Wildman–Crippen LogP) is 4.01. The lowest BCUT2D eigenvalue weighted by Crippen LogP contribution is -2.58. The summed E-state index contributed by atoms with van der Waals surface area (Å²) in [5.41, 5.74) is 1.60. The van der Waals surface area contributed by atoms with Gasteiger partial charge in [0.15, 0.2) is 0 Å². The van der Waals surface area contributed by atoms with E-state index in [2.05, 4.69) is 27.4 Å². The average molecular weight is 584 g/mol. The Morgan fingerprint density at radius 1 is 1.24 bits per heavy atom. The molecule has 224 valence electrons. The van der Waals surface area contributed by atoms with Gasteiger partial charge in [-0.05, 0) is 64.9 Å². The molecule has 2 fully saturated rings. The van der Waals surface area contributed by atoms with E-state index in [0.717, 1.165) is 31.0 Å². The number of nitrogens with zero attached hydrogens (tertiary/aromatic N) is 7. The van der Waals surface area contributed by atoms with Gasteiger partial charge in [0.1, 0.15) is 24.1 Å². The zero-order valence-electron chi connectivity index (χ0n) is 24.2. The first kappa shape index (κ1) is 29.6. The molecular formula is C30H36F3N7O2. The number of hydrogen-bond acceptors (Lipinski definition) is 8. The quantitative estimate of drug-likeness (QED) is 0.472. The third-order valence-electron chi connectivity index (χ3n) is 8.55. The molecule has 0 radical (unpaired) electrons. The van der Waals surface area contributed by atoms with Crippen molar-refractivity contribution in [3.05, 3.63) is 53.4 Å². The maximum absolute atomic E-state index is 13.9. The zero-order chi connectivity index (χ0) is 30.2. The minimum absolute atomic E-state index is 0.0911. The maximum Gasteiger partial charge on any atom is 0.419 e. The van der Waals surface area contributed by atoms with Crippen LogP contribution in [0.4, 0.5) is 24.7 Å². The van der Waals surface area contributed by atoms with E-state index in [9.17, 15) is 23.2 Å². The highest BCUT2D eigenvalue weighted by Gasteiger charge is 2.39. The van der Waals surface area contributed by atoms with Crippen molar-refractivity contribution >= 4 is 17.4 Å². The molecule has 0 bridgehead atoms. The number of halogens is 3. The lowest BCUT2D eigenvalue weighted by atomic mass is 9.96. The molecule has 0 spiro atoms. The van der Waals surface area contributed by atoms with Crippen LogP contribution < -0.4 is 14.5 Å². The first-order chi connectivity index (χ1) is 20.0. The molecule has 12 heteroatoms. The standard InChI is InChI=1S/C30H36F3N7O2/c1-5-26(41)40-19(2)15-39(16-20(40)3)27-22-10-13-38(28-24(30(31,32)33)9-6-11-35-28)17-25(22)36-29(23(27)14-34)42-18-21-8-7-12-37(21)4/h5-6,9,11,19-21H,1,7-8,10,12-13,15-18H2,2-4H3/t19-,20+,21?. The summed E-state index contributed by atoms with van der Waals surface area (Å²) < 4.78 is 47.8. The molecule has 0 N–H and O–H groups in total. The van der Waals surface area contributed by atoms with Gasteiger partial charge >= 0.3 is 6.18 Å². The van der Waals surface area contributed by atoms with Crippen LogP contribution >= 0.6 is 0 Å². The number of fused-ring (bicyclic) bond motifs is 1. The molecular weight excluding hydrogens is 547 g/mol. The highest BCUT2D eigenvalue weighted by atomic mass is 19.4. The summed E-state index contributed by atoms with van der Waals surface area (Å²) in [6, 6.07) is 4.52. The first-order valence-corrected chi connectivity index (χ1v) is 14.3. The fourth-order valence-corrected chi connectivity index (χ4v) is 6.55. The van der Waals surface area contributed by atoms with Gasteiger partial charge in [0, 0.05) is 49.5 Å². The van der Waals surface area contributed by atoms with Crippen molar-refractivity contribution in [1.82, 2.24) is 19.8 Å². The molecule has 5 heterocycles. The molecule has 2 aromatic rings. The van der Waals surface area contributed by atoms with Crippen molar-refractivity contribution in [1.29, 1.82) is 5.26 Å². The summed E-state index contributed by atoms with van der Waals surface area (Å²) in [7, 11) is 2.04. The number of aromatic nitrogens is 2. The van der Waals surface area contributed by atoms with Crippen LogP contribution in [0.1, 0.15) is 49.1 Å². The molecule has 2 aromatic heterocycles. The Morgan fingerprint density at radius 2 is 1.98 bits per heavy atom. The second kappa shape index (κ2) is 11.8. The van der Waals surface area contributed by atoms with Crippen molar-refractivity contribution in [3.63, 3.8) is 0 Å². The molecule has 2 saturated heterocycles. The fraction of sp³-hybridized carbons (Fsp3) is 0.533. The van der Waals surface area contributed by atoms with Gasteiger partial charge in [-0.3, -0.25) is 4.79 Å². The monoisotopic (exact) mass is 583 g/mol. The predicted molar refractivity (Wildman–Crippen MR) is 152 cm³/mol. The number of carbonyl (C=O) groups excluding carboxylic acids is 1. The lowest BCUT2D eigenvalue weighted by Gasteiger charge is -2.46. The summed E-state index contributed by atoms with van der Waals surface area (Å²) in [5, 5.41) is 10.4. The third kappa shape index (κ3) is 5.62. The fourth-order valence-electron chi connectivity index (χ4n) is 6.55. The molecule has 0 aromatic carbocycles. The van der Waals surface area contributed by atoms with Crippen LogP contribution in [0.25, 0.3) is 0 Å². The summed E-state index contributed by atoms with van der Waals surface area (Å²) >= 11 is 0. The van der Waals surface area contributed by atoms with Crippen LogP contribution in [0.3, 0.4) is 0 Å². The van der Waals surface area contributed by atoms with E-state index in [1.165, 1.54) is 18.3 Å². The highest BCUT2D eigenvalue weighted by Crippen LogP contribution is 2.41. The van der Waals surface area contributed by atoms with E-state index in [0.29, 0.717) is 43.1 Å². The Bertz CT molecular complexity index is 1380. The van der Waals surface area contributed by atoms with Crippen molar-refractivity contribution in [2.45, 2.75) is 64.0 Å². The number of piperazine rings is 1. The third-order valence-corrected chi connectivity index (χ3v) is 8.55. The van der Waals surface area contributed by atoms with E-state index in [-0.39, 0.29) is 48.8 Å². The maximum atomic E-state index is 13.9. The van der Waals surface area contributed by atoms with Crippen LogP contribution in [0.2, 0.25) is 0 Å². The molecule has 42 heavy (non-hydrogen) atoms. The smallest absolute Gasteiger partial charge is 0.419 e. The number of likely N-dealkylation sites (tertiary alicyclic amines) is 1. The Balaban J connectivity index is 1.55. The van der Waals surface area contributed by atoms with Gasteiger partial charge in [-0.25, -0.2) is 9.97 Å². The van der Waals surface area contributed by atoms with Crippen LogP contribution in [-0.2, 0) is 23.9 Å². The van der Waals surface area contributed by atoms with E-state index < -0.39 is 11.7 Å². The van der Waals surface area contributed by atoms with E-state index in [4.69, 9.17) is 9.72 Å². The number of amides is 1. The summed E-state index contributed by atoms with van der Waals surface area (Å²) in [5.74, 6) is -0.101. The Morgan fingerprint density at radius 3 is 2.60 bits per heavy atom. The number of pyridine rings is 2. The average Bonchev–Trinajstić information content (AvgIpc) is 3.38. The number of nitriles is 1. The molecule has 0 saturated carbocycles. The lowest BCUT2D eigenvalue weighted by molar-refractivity contribution is -0.137. The number of anilines is 2. The van der Waals surface area contributed by atoms with Crippen molar-refractivity contribution in [2.75, 3.05) is 49.6 Å². The van der Waals surface area contributed by atoms with Crippen LogP contribution in [0.15, 0.2) is 31.0 Å². The summed E-state index contributed by atoms with van der Waals surface area (Å²) in [4.78, 5) is 29.1.